The van der Waals surface area contributed by atoms with Gasteiger partial charge in [-0.25, -0.2) is 4.98 Å². The molecule has 0 spiro atoms. The van der Waals surface area contributed by atoms with Crippen LogP contribution in [0.2, 0.25) is 0 Å². The first-order valence-corrected chi connectivity index (χ1v) is 5.84. The van der Waals surface area contributed by atoms with E-state index in [1.165, 1.54) is 0 Å². The second-order valence-electron chi connectivity index (χ2n) is 3.18. The van der Waals surface area contributed by atoms with Crippen LogP contribution in [0.5, 0.6) is 11.5 Å². The maximum absolute atomic E-state index is 5.39. The van der Waals surface area contributed by atoms with Gasteiger partial charge < -0.3 is 9.47 Å². The second kappa shape index (κ2) is 5.31. The summed E-state index contributed by atoms with van der Waals surface area (Å²) in [7, 11) is 0. The third-order valence-electron chi connectivity index (χ3n) is 2.09. The summed E-state index contributed by atoms with van der Waals surface area (Å²) < 4.78 is 11.5. The molecule has 0 fully saturated rings. The monoisotopic (exact) mass is 294 g/mol. The molecular weight excluding hydrogens is 284 g/mol. The molecule has 0 aliphatic heterocycles. The van der Waals surface area contributed by atoms with Crippen LogP contribution in [0.1, 0.15) is 0 Å². The number of benzene rings is 1. The molecule has 1 heterocycles. The van der Waals surface area contributed by atoms with Gasteiger partial charge in [-0.1, -0.05) is 0 Å². The summed E-state index contributed by atoms with van der Waals surface area (Å²) in [6, 6.07) is 3.56. The number of hydrogen-bond donors (Lipinski definition) is 0. The van der Waals surface area contributed by atoms with Crippen molar-refractivity contribution in [3.63, 3.8) is 0 Å². The van der Waals surface area contributed by atoms with E-state index in [-0.39, 0.29) is 0 Å². The van der Waals surface area contributed by atoms with Gasteiger partial charge in [0.2, 0.25) is 0 Å². The van der Waals surface area contributed by atoms with Crippen molar-refractivity contribution in [1.82, 2.24) is 9.97 Å². The fourth-order valence-electron chi connectivity index (χ4n) is 1.44. The Kier molecular flexibility index (Phi) is 3.78. The van der Waals surface area contributed by atoms with Crippen LogP contribution in [0, 0.1) is 13.8 Å². The molecule has 4 nitrogen and oxygen atoms in total. The van der Waals surface area contributed by atoms with Crippen LogP contribution in [0.25, 0.3) is 11.0 Å². The van der Waals surface area contributed by atoms with Gasteiger partial charge in [0, 0.05) is 12.1 Å². The average Bonchev–Trinajstić information content (AvgIpc) is 2.31. The minimum Gasteiger partial charge on any atom is -0.490 e. The highest BCUT2D eigenvalue weighted by atomic mass is 79.9. The summed E-state index contributed by atoms with van der Waals surface area (Å²) in [6.07, 6.45) is 1.64. The van der Waals surface area contributed by atoms with Gasteiger partial charge in [0.25, 0.3) is 0 Å². The Labute approximate surface area is 108 Å². The predicted octanol–water partition coefficient (Wildman–Crippen LogP) is 2.82. The molecule has 5 heteroatoms. The van der Waals surface area contributed by atoms with E-state index in [1.54, 1.807) is 18.3 Å². The van der Waals surface area contributed by atoms with Crippen molar-refractivity contribution in [3.05, 3.63) is 36.8 Å². The SMILES string of the molecule is [CH2]COc1cc2ncc(Br)nc2cc1OC[CH2]. The number of aromatic nitrogens is 2. The molecule has 0 amide bonds. The lowest BCUT2D eigenvalue weighted by molar-refractivity contribution is 0.307. The van der Waals surface area contributed by atoms with Crippen molar-refractivity contribution >= 4 is 27.0 Å². The molecule has 0 aliphatic rings. The van der Waals surface area contributed by atoms with Crippen LogP contribution in [0.3, 0.4) is 0 Å². The van der Waals surface area contributed by atoms with E-state index in [4.69, 9.17) is 9.47 Å². The summed E-state index contributed by atoms with van der Waals surface area (Å²) in [5, 5.41) is 0. The normalized spacial score (nSPS) is 10.5. The van der Waals surface area contributed by atoms with Crippen LogP contribution < -0.4 is 9.47 Å². The number of rotatable bonds is 4. The summed E-state index contributed by atoms with van der Waals surface area (Å²) >= 11 is 3.28. The molecule has 2 rings (SSSR count). The van der Waals surface area contributed by atoms with Gasteiger partial charge in [-0.05, 0) is 29.8 Å². The Bertz CT molecular complexity index is 531. The topological polar surface area (TPSA) is 44.2 Å². The van der Waals surface area contributed by atoms with Crippen molar-refractivity contribution in [1.29, 1.82) is 0 Å². The molecule has 0 bridgehead atoms. The van der Waals surface area contributed by atoms with E-state index in [1.807, 2.05) is 0 Å². The first-order valence-electron chi connectivity index (χ1n) is 5.05. The highest BCUT2D eigenvalue weighted by molar-refractivity contribution is 9.10. The van der Waals surface area contributed by atoms with E-state index in [0.717, 1.165) is 11.0 Å². The lowest BCUT2D eigenvalue weighted by atomic mass is 10.2. The van der Waals surface area contributed by atoms with E-state index in [9.17, 15) is 0 Å². The highest BCUT2D eigenvalue weighted by Crippen LogP contribution is 2.31. The van der Waals surface area contributed by atoms with E-state index >= 15 is 0 Å². The Morgan fingerprint density at radius 1 is 1.06 bits per heavy atom. The number of nitrogens with zero attached hydrogens (tertiary/aromatic N) is 2. The molecule has 0 unspecified atom stereocenters. The minimum absolute atomic E-state index is 0.320. The second-order valence-corrected chi connectivity index (χ2v) is 3.99. The lowest BCUT2D eigenvalue weighted by Gasteiger charge is -2.11. The first kappa shape index (κ1) is 12.1. The maximum Gasteiger partial charge on any atom is 0.163 e. The molecule has 0 atom stereocenters. The van der Waals surface area contributed by atoms with Crippen LogP contribution in [0.4, 0.5) is 0 Å². The first-order chi connectivity index (χ1) is 8.24. The molecule has 0 aliphatic carbocycles. The third-order valence-corrected chi connectivity index (χ3v) is 2.48. The fraction of sp³-hybridized carbons (Fsp3) is 0.167. The van der Waals surface area contributed by atoms with Crippen LogP contribution in [-0.2, 0) is 0 Å². The van der Waals surface area contributed by atoms with Gasteiger partial charge >= 0.3 is 0 Å². The van der Waals surface area contributed by atoms with Gasteiger partial charge in [0.05, 0.1) is 30.4 Å². The Morgan fingerprint density at radius 2 is 1.65 bits per heavy atom. The molecule has 0 saturated carbocycles. The molecule has 2 aromatic rings. The average molecular weight is 295 g/mol. The van der Waals surface area contributed by atoms with Crippen LogP contribution >= 0.6 is 15.9 Å². The zero-order valence-electron chi connectivity index (χ0n) is 9.15. The molecule has 1 aromatic carbocycles. The zero-order chi connectivity index (χ0) is 12.3. The van der Waals surface area contributed by atoms with Crippen LogP contribution in [-0.4, -0.2) is 23.2 Å². The number of hydrogen-bond acceptors (Lipinski definition) is 4. The molecule has 88 valence electrons. The largest absolute Gasteiger partial charge is 0.490 e. The highest BCUT2D eigenvalue weighted by Gasteiger charge is 2.09. The fourth-order valence-corrected chi connectivity index (χ4v) is 1.74. The lowest BCUT2D eigenvalue weighted by Crippen LogP contribution is -1.99. The number of ether oxygens (including phenoxy) is 2. The summed E-state index contributed by atoms with van der Waals surface area (Å²) in [6.45, 7) is 7.92. The molecular formula is C12H11BrN2O2. The smallest absolute Gasteiger partial charge is 0.163 e. The van der Waals surface area contributed by atoms with E-state index in [2.05, 4.69) is 39.7 Å². The van der Waals surface area contributed by atoms with Gasteiger partial charge in [-0.15, -0.1) is 0 Å². The quantitative estimate of drug-likeness (QED) is 0.870. The third kappa shape index (κ3) is 2.66. The molecule has 17 heavy (non-hydrogen) atoms. The molecule has 0 saturated heterocycles. The molecule has 2 radical (unpaired) electrons. The van der Waals surface area contributed by atoms with Gasteiger partial charge in [-0.2, -0.15) is 0 Å². The zero-order valence-corrected chi connectivity index (χ0v) is 10.7. The van der Waals surface area contributed by atoms with Gasteiger partial charge in [-0.3, -0.25) is 4.98 Å². The van der Waals surface area contributed by atoms with Crippen molar-refractivity contribution in [3.8, 4) is 11.5 Å². The number of halogens is 1. The predicted molar refractivity (Wildman–Crippen MR) is 68.9 cm³/mol. The Hall–Kier alpha value is -1.36. The molecule has 0 N–H and O–H groups in total. The summed E-state index contributed by atoms with van der Waals surface area (Å²) in [4.78, 5) is 8.55. The van der Waals surface area contributed by atoms with E-state index in [0.29, 0.717) is 29.3 Å². The van der Waals surface area contributed by atoms with Gasteiger partial charge in [0.15, 0.2) is 11.5 Å². The Balaban J connectivity index is 2.55. The summed E-state index contributed by atoms with van der Waals surface area (Å²) in [5.41, 5.74) is 1.48. The van der Waals surface area contributed by atoms with Crippen molar-refractivity contribution in [2.45, 2.75) is 0 Å². The summed E-state index contributed by atoms with van der Waals surface area (Å²) in [5.74, 6) is 1.20. The Morgan fingerprint density at radius 3 is 2.24 bits per heavy atom. The van der Waals surface area contributed by atoms with Gasteiger partial charge in [0.1, 0.15) is 4.60 Å². The van der Waals surface area contributed by atoms with Crippen molar-refractivity contribution in [2.75, 3.05) is 13.2 Å². The van der Waals surface area contributed by atoms with E-state index < -0.39 is 0 Å². The maximum atomic E-state index is 5.39. The van der Waals surface area contributed by atoms with Crippen LogP contribution in [0.15, 0.2) is 22.9 Å². The molecule has 1 aromatic heterocycles. The van der Waals surface area contributed by atoms with Crippen molar-refractivity contribution in [2.24, 2.45) is 0 Å². The minimum atomic E-state index is 0.320. The standard InChI is InChI=1S/C12H11BrN2O2/c1-3-16-10-5-8-9(6-11(10)17-4-2)15-12(13)7-14-8/h5-7H,1-4H2. The van der Waals surface area contributed by atoms with Crippen molar-refractivity contribution < 1.29 is 9.47 Å². The number of fused-ring (bicyclic) bond motifs is 1.